The third kappa shape index (κ3) is 6.84. The Kier molecular flexibility index (Phi) is 9.84. The van der Waals surface area contributed by atoms with Gasteiger partial charge in [-0.3, -0.25) is 4.99 Å². The van der Waals surface area contributed by atoms with Crippen LogP contribution in [0.4, 0.5) is 5.82 Å². The van der Waals surface area contributed by atoms with Crippen LogP contribution >= 0.6 is 24.0 Å². The monoisotopic (exact) mass is 522 g/mol. The summed E-state index contributed by atoms with van der Waals surface area (Å²) in [5.41, 5.74) is 5.09. The van der Waals surface area contributed by atoms with Gasteiger partial charge >= 0.3 is 0 Å². The first-order valence-electron chi connectivity index (χ1n) is 10.5. The first kappa shape index (κ1) is 24.4. The Morgan fingerprint density at radius 1 is 1.03 bits per heavy atom. The van der Waals surface area contributed by atoms with Gasteiger partial charge in [0.1, 0.15) is 5.82 Å². The Hall–Kier alpha value is -1.87. The number of anilines is 1. The average molecular weight is 522 g/mol. The van der Waals surface area contributed by atoms with E-state index in [1.807, 2.05) is 13.2 Å². The summed E-state index contributed by atoms with van der Waals surface area (Å²) in [6, 6.07) is 10.8. The molecule has 7 heteroatoms. The van der Waals surface area contributed by atoms with Gasteiger partial charge in [-0.25, -0.2) is 4.98 Å². The molecule has 1 aromatic carbocycles. The number of aryl methyl sites for hydroxylation is 2. The summed E-state index contributed by atoms with van der Waals surface area (Å²) in [6.45, 7) is 13.4. The quantitative estimate of drug-likeness (QED) is 0.347. The number of nitrogens with one attached hydrogen (secondary N) is 2. The summed E-state index contributed by atoms with van der Waals surface area (Å²) < 4.78 is 0. The highest BCUT2D eigenvalue weighted by molar-refractivity contribution is 14.0. The number of hydrogen-bond donors (Lipinski definition) is 2. The fraction of sp³-hybridized carbons (Fsp3) is 0.478. The summed E-state index contributed by atoms with van der Waals surface area (Å²) >= 11 is 0. The minimum absolute atomic E-state index is 0. The standard InChI is InChI=1S/C23H34N6.HI/c1-5-28-10-12-29(13-11-28)22-15-20(8-9-25-22)16-26-23(24-4)27-17-21-7-6-18(2)14-19(21)3;/h6-9,14-15H,5,10-13,16-17H2,1-4H3,(H2,24,26,27);1H. The number of aliphatic imine (C=N–C) groups is 1. The van der Waals surface area contributed by atoms with Crippen LogP contribution in [0.2, 0.25) is 0 Å². The van der Waals surface area contributed by atoms with E-state index < -0.39 is 0 Å². The molecule has 0 bridgehead atoms. The number of pyridine rings is 1. The molecule has 0 amide bonds. The van der Waals surface area contributed by atoms with Crippen LogP contribution in [-0.4, -0.2) is 55.6 Å². The van der Waals surface area contributed by atoms with E-state index in [0.29, 0.717) is 0 Å². The molecule has 1 saturated heterocycles. The number of likely N-dealkylation sites (N-methyl/N-ethyl adjacent to an activating group) is 1. The third-order valence-electron chi connectivity index (χ3n) is 5.58. The van der Waals surface area contributed by atoms with Crippen LogP contribution in [0, 0.1) is 13.8 Å². The largest absolute Gasteiger partial charge is 0.354 e. The van der Waals surface area contributed by atoms with Gasteiger partial charge in [-0.1, -0.05) is 30.7 Å². The van der Waals surface area contributed by atoms with Crippen LogP contribution in [0.25, 0.3) is 0 Å². The van der Waals surface area contributed by atoms with E-state index in [2.05, 4.69) is 81.5 Å². The van der Waals surface area contributed by atoms with Crippen LogP contribution in [0.3, 0.4) is 0 Å². The lowest BCUT2D eigenvalue weighted by Crippen LogP contribution is -2.46. The number of halogens is 1. The molecule has 2 N–H and O–H groups in total. The third-order valence-corrected chi connectivity index (χ3v) is 5.58. The smallest absolute Gasteiger partial charge is 0.191 e. The maximum atomic E-state index is 4.59. The van der Waals surface area contributed by atoms with Crippen molar-refractivity contribution in [3.63, 3.8) is 0 Å². The molecule has 1 aromatic heterocycles. The Morgan fingerprint density at radius 2 is 1.77 bits per heavy atom. The van der Waals surface area contributed by atoms with Crippen molar-refractivity contribution in [1.29, 1.82) is 0 Å². The second-order valence-corrected chi connectivity index (χ2v) is 7.65. The van der Waals surface area contributed by atoms with E-state index in [1.54, 1.807) is 0 Å². The molecule has 0 radical (unpaired) electrons. The highest BCUT2D eigenvalue weighted by atomic mass is 127. The van der Waals surface area contributed by atoms with Crippen LogP contribution < -0.4 is 15.5 Å². The molecule has 0 atom stereocenters. The first-order valence-corrected chi connectivity index (χ1v) is 10.5. The van der Waals surface area contributed by atoms with Crippen molar-refractivity contribution >= 4 is 35.8 Å². The molecule has 0 aliphatic carbocycles. The fourth-order valence-corrected chi connectivity index (χ4v) is 3.67. The van der Waals surface area contributed by atoms with Crippen LogP contribution in [0.5, 0.6) is 0 Å². The number of benzene rings is 1. The van der Waals surface area contributed by atoms with Crippen molar-refractivity contribution in [3.05, 3.63) is 58.8 Å². The second kappa shape index (κ2) is 12.1. The molecule has 1 aliphatic rings. The van der Waals surface area contributed by atoms with Gasteiger partial charge in [0.05, 0.1) is 0 Å². The number of guanidine groups is 1. The van der Waals surface area contributed by atoms with E-state index in [4.69, 9.17) is 0 Å². The summed E-state index contributed by atoms with van der Waals surface area (Å²) in [5, 5.41) is 6.83. The molecule has 2 heterocycles. The Bertz CT molecular complexity index is 830. The highest BCUT2D eigenvalue weighted by Crippen LogP contribution is 2.15. The molecule has 164 valence electrons. The number of hydrogen-bond acceptors (Lipinski definition) is 4. The molecular weight excluding hydrogens is 487 g/mol. The maximum Gasteiger partial charge on any atom is 0.191 e. The zero-order chi connectivity index (χ0) is 20.6. The van der Waals surface area contributed by atoms with Crippen molar-refractivity contribution < 1.29 is 0 Å². The maximum absolute atomic E-state index is 4.59. The van der Waals surface area contributed by atoms with Crippen LogP contribution in [0.15, 0.2) is 41.5 Å². The molecule has 1 aliphatic heterocycles. The number of rotatable bonds is 6. The zero-order valence-corrected chi connectivity index (χ0v) is 20.9. The molecule has 3 rings (SSSR count). The second-order valence-electron chi connectivity index (χ2n) is 7.65. The zero-order valence-electron chi connectivity index (χ0n) is 18.6. The molecule has 0 unspecified atom stereocenters. The summed E-state index contributed by atoms with van der Waals surface area (Å²) in [4.78, 5) is 13.8. The Balaban J connectivity index is 0.00000320. The normalized spacial score (nSPS) is 14.9. The number of piperazine rings is 1. The van der Waals surface area contributed by atoms with E-state index in [-0.39, 0.29) is 24.0 Å². The molecule has 0 saturated carbocycles. The molecule has 0 spiro atoms. The van der Waals surface area contributed by atoms with Gasteiger partial charge in [0, 0.05) is 52.5 Å². The number of nitrogens with zero attached hydrogens (tertiary/aromatic N) is 4. The Morgan fingerprint density at radius 3 is 2.43 bits per heavy atom. The summed E-state index contributed by atoms with van der Waals surface area (Å²) in [6.07, 6.45) is 1.91. The van der Waals surface area contributed by atoms with Crippen molar-refractivity contribution in [2.75, 3.05) is 44.7 Å². The van der Waals surface area contributed by atoms with Crippen LogP contribution in [0.1, 0.15) is 29.2 Å². The van der Waals surface area contributed by atoms with Gasteiger partial charge < -0.3 is 20.4 Å². The SMILES string of the molecule is CCN1CCN(c2cc(CNC(=NC)NCc3ccc(C)cc3C)ccn2)CC1.I. The highest BCUT2D eigenvalue weighted by Gasteiger charge is 2.16. The minimum Gasteiger partial charge on any atom is -0.354 e. The lowest BCUT2D eigenvalue weighted by molar-refractivity contribution is 0.270. The van der Waals surface area contributed by atoms with E-state index in [1.165, 1.54) is 22.3 Å². The lowest BCUT2D eigenvalue weighted by Gasteiger charge is -2.34. The fourth-order valence-electron chi connectivity index (χ4n) is 3.67. The predicted octanol–water partition coefficient (Wildman–Crippen LogP) is 3.32. The topological polar surface area (TPSA) is 55.8 Å². The van der Waals surface area contributed by atoms with E-state index in [9.17, 15) is 0 Å². The van der Waals surface area contributed by atoms with Crippen molar-refractivity contribution in [3.8, 4) is 0 Å². The lowest BCUT2D eigenvalue weighted by atomic mass is 10.1. The molecule has 1 fully saturated rings. The van der Waals surface area contributed by atoms with Gasteiger partial charge in [-0.05, 0) is 49.2 Å². The molecular formula is C23H35IN6. The van der Waals surface area contributed by atoms with Gasteiger partial charge in [0.25, 0.3) is 0 Å². The van der Waals surface area contributed by atoms with Gasteiger partial charge in [-0.2, -0.15) is 0 Å². The molecule has 30 heavy (non-hydrogen) atoms. The van der Waals surface area contributed by atoms with E-state index >= 15 is 0 Å². The van der Waals surface area contributed by atoms with Gasteiger partial charge in [-0.15, -0.1) is 24.0 Å². The molecule has 2 aromatic rings. The van der Waals surface area contributed by atoms with E-state index in [0.717, 1.165) is 57.6 Å². The average Bonchev–Trinajstić information content (AvgIpc) is 2.75. The summed E-state index contributed by atoms with van der Waals surface area (Å²) in [7, 11) is 1.81. The van der Waals surface area contributed by atoms with Gasteiger partial charge in [0.15, 0.2) is 5.96 Å². The van der Waals surface area contributed by atoms with Crippen LogP contribution in [-0.2, 0) is 13.1 Å². The predicted molar refractivity (Wildman–Crippen MR) is 137 cm³/mol. The first-order chi connectivity index (χ1) is 14.1. The molecule has 6 nitrogen and oxygen atoms in total. The minimum atomic E-state index is 0. The van der Waals surface area contributed by atoms with Crippen molar-refractivity contribution in [2.45, 2.75) is 33.9 Å². The van der Waals surface area contributed by atoms with Crippen molar-refractivity contribution in [1.82, 2.24) is 20.5 Å². The Labute approximate surface area is 198 Å². The van der Waals surface area contributed by atoms with Gasteiger partial charge in [0.2, 0.25) is 0 Å². The number of aromatic nitrogens is 1. The summed E-state index contributed by atoms with van der Waals surface area (Å²) in [5.74, 6) is 1.87. The van der Waals surface area contributed by atoms with Crippen molar-refractivity contribution in [2.24, 2.45) is 4.99 Å².